The van der Waals surface area contributed by atoms with Crippen molar-refractivity contribution in [3.05, 3.63) is 34.9 Å². The monoisotopic (exact) mass is 280 g/mol. The van der Waals surface area contributed by atoms with Gasteiger partial charge in [-0.25, -0.2) is 0 Å². The molecule has 1 rings (SSSR count). The average molecular weight is 281 g/mol. The van der Waals surface area contributed by atoms with Crippen molar-refractivity contribution >= 4 is 17.5 Å². The van der Waals surface area contributed by atoms with Crippen molar-refractivity contribution in [1.29, 1.82) is 0 Å². The fraction of sp³-hybridized carbons (Fsp3) is 0.364. The predicted molar refractivity (Wildman–Crippen MR) is 62.2 cm³/mol. The quantitative estimate of drug-likeness (QED) is 0.867. The van der Waals surface area contributed by atoms with E-state index in [9.17, 15) is 18.0 Å². The summed E-state index contributed by atoms with van der Waals surface area (Å²) in [6.45, 7) is -1.33. The van der Waals surface area contributed by atoms with E-state index in [1.54, 1.807) is 24.3 Å². The Hall–Kier alpha value is -1.27. The Bertz CT molecular complexity index is 410. The Morgan fingerprint density at radius 3 is 2.67 bits per heavy atom. The van der Waals surface area contributed by atoms with Gasteiger partial charge in [0, 0.05) is 11.6 Å². The van der Waals surface area contributed by atoms with Crippen LogP contribution in [0.15, 0.2) is 24.3 Å². The number of carbonyl (C=O) groups is 1. The molecule has 0 atom stereocenters. The van der Waals surface area contributed by atoms with Crippen LogP contribution in [0.2, 0.25) is 5.02 Å². The van der Waals surface area contributed by atoms with Crippen LogP contribution in [0.1, 0.15) is 5.56 Å². The molecule has 3 nitrogen and oxygen atoms in total. The zero-order valence-corrected chi connectivity index (χ0v) is 10.1. The third-order valence-electron chi connectivity index (χ3n) is 1.99. The first-order valence-electron chi connectivity index (χ1n) is 5.15. The summed E-state index contributed by atoms with van der Waals surface area (Å²) in [6.07, 6.45) is -4.31. The van der Waals surface area contributed by atoms with E-state index >= 15 is 0 Å². The van der Waals surface area contributed by atoms with Gasteiger partial charge in [-0.3, -0.25) is 4.79 Å². The molecule has 0 radical (unpaired) electrons. The predicted octanol–water partition coefficient (Wildman–Crippen LogP) is 2.11. The molecule has 0 saturated carbocycles. The summed E-state index contributed by atoms with van der Waals surface area (Å²) in [4.78, 5) is 11.2. The third kappa shape index (κ3) is 6.46. The van der Waals surface area contributed by atoms with E-state index in [1.165, 1.54) is 0 Å². The van der Waals surface area contributed by atoms with Gasteiger partial charge in [0.2, 0.25) is 5.91 Å². The van der Waals surface area contributed by atoms with Gasteiger partial charge in [-0.05, 0) is 17.7 Å². The number of hydrogen-bond donors (Lipinski definition) is 2. The summed E-state index contributed by atoms with van der Waals surface area (Å²) in [7, 11) is 0. The molecule has 7 heteroatoms. The van der Waals surface area contributed by atoms with E-state index in [0.29, 0.717) is 5.02 Å². The normalized spacial score (nSPS) is 11.3. The smallest absolute Gasteiger partial charge is 0.351 e. The first-order valence-corrected chi connectivity index (χ1v) is 5.53. The van der Waals surface area contributed by atoms with E-state index in [-0.39, 0.29) is 13.1 Å². The third-order valence-corrected chi connectivity index (χ3v) is 2.22. The lowest BCUT2D eigenvalue weighted by Crippen LogP contribution is -2.37. The Kier molecular flexibility index (Phi) is 5.43. The second kappa shape index (κ2) is 6.61. The second-order valence-corrected chi connectivity index (χ2v) is 4.06. The number of rotatable bonds is 5. The molecule has 0 aliphatic heterocycles. The number of halogens is 4. The molecular formula is C11H12ClF3N2O. The van der Waals surface area contributed by atoms with Gasteiger partial charge < -0.3 is 10.6 Å². The number of carbonyl (C=O) groups excluding carboxylic acids is 1. The van der Waals surface area contributed by atoms with Crippen LogP contribution in [0.4, 0.5) is 13.2 Å². The maximum Gasteiger partial charge on any atom is 0.401 e. The van der Waals surface area contributed by atoms with Crippen LogP contribution < -0.4 is 10.6 Å². The van der Waals surface area contributed by atoms with Gasteiger partial charge in [-0.15, -0.1) is 0 Å². The molecular weight excluding hydrogens is 269 g/mol. The van der Waals surface area contributed by atoms with Crippen LogP contribution in [0, 0.1) is 0 Å². The lowest BCUT2D eigenvalue weighted by atomic mass is 10.2. The molecule has 0 aromatic heterocycles. The highest BCUT2D eigenvalue weighted by atomic mass is 35.5. The van der Waals surface area contributed by atoms with Gasteiger partial charge in [0.1, 0.15) is 0 Å². The van der Waals surface area contributed by atoms with Crippen LogP contribution in [0.25, 0.3) is 0 Å². The molecule has 1 amide bonds. The zero-order chi connectivity index (χ0) is 13.6. The van der Waals surface area contributed by atoms with Crippen LogP contribution in [-0.2, 0) is 11.3 Å². The van der Waals surface area contributed by atoms with Gasteiger partial charge in [-0.1, -0.05) is 23.7 Å². The van der Waals surface area contributed by atoms with Crippen LogP contribution in [-0.4, -0.2) is 25.2 Å². The van der Waals surface area contributed by atoms with Crippen LogP contribution >= 0.6 is 11.6 Å². The summed E-state index contributed by atoms with van der Waals surface area (Å²) in [5.41, 5.74) is 0.784. The van der Waals surface area contributed by atoms with E-state index in [0.717, 1.165) is 5.56 Å². The highest BCUT2D eigenvalue weighted by Gasteiger charge is 2.26. The summed E-state index contributed by atoms with van der Waals surface area (Å²) < 4.78 is 35.4. The minimum absolute atomic E-state index is 0.229. The maximum atomic E-state index is 11.8. The number of benzene rings is 1. The van der Waals surface area contributed by atoms with Crippen molar-refractivity contribution < 1.29 is 18.0 Å². The summed E-state index contributed by atoms with van der Waals surface area (Å²) in [5, 5.41) is 5.03. The van der Waals surface area contributed by atoms with E-state index < -0.39 is 18.6 Å². The molecule has 0 bridgehead atoms. The molecule has 0 unspecified atom stereocenters. The molecule has 100 valence electrons. The topological polar surface area (TPSA) is 41.1 Å². The summed E-state index contributed by atoms with van der Waals surface area (Å²) >= 11 is 5.74. The number of amides is 1. The Labute approximate surface area is 107 Å². The van der Waals surface area contributed by atoms with Crippen molar-refractivity contribution in [2.75, 3.05) is 13.1 Å². The highest BCUT2D eigenvalue weighted by molar-refractivity contribution is 6.30. The lowest BCUT2D eigenvalue weighted by molar-refractivity contribution is -0.128. The SMILES string of the molecule is O=C(CNCC(F)(F)F)NCc1cccc(Cl)c1. The second-order valence-electron chi connectivity index (χ2n) is 3.63. The van der Waals surface area contributed by atoms with Crippen molar-refractivity contribution in [3.8, 4) is 0 Å². The molecule has 0 fully saturated rings. The van der Waals surface area contributed by atoms with Gasteiger partial charge in [-0.2, -0.15) is 13.2 Å². The number of alkyl halides is 3. The Balaban J connectivity index is 2.25. The zero-order valence-electron chi connectivity index (χ0n) is 9.35. The van der Waals surface area contributed by atoms with Crippen molar-refractivity contribution in [2.24, 2.45) is 0 Å². The minimum Gasteiger partial charge on any atom is -0.351 e. The number of nitrogens with one attached hydrogen (secondary N) is 2. The molecule has 0 aliphatic rings. The molecule has 0 saturated heterocycles. The van der Waals surface area contributed by atoms with Crippen LogP contribution in [0.5, 0.6) is 0 Å². The maximum absolute atomic E-state index is 11.8. The average Bonchev–Trinajstić information content (AvgIpc) is 2.25. The molecule has 2 N–H and O–H groups in total. The summed E-state index contributed by atoms with van der Waals surface area (Å²) in [6, 6.07) is 6.85. The largest absolute Gasteiger partial charge is 0.401 e. The molecule has 0 spiro atoms. The van der Waals surface area contributed by atoms with Crippen molar-refractivity contribution in [2.45, 2.75) is 12.7 Å². The Morgan fingerprint density at radius 1 is 1.33 bits per heavy atom. The lowest BCUT2D eigenvalue weighted by Gasteiger charge is -2.09. The van der Waals surface area contributed by atoms with E-state index in [2.05, 4.69) is 5.32 Å². The first kappa shape index (κ1) is 14.8. The van der Waals surface area contributed by atoms with E-state index in [1.807, 2.05) is 5.32 Å². The van der Waals surface area contributed by atoms with E-state index in [4.69, 9.17) is 11.6 Å². The first-order chi connectivity index (χ1) is 8.37. The van der Waals surface area contributed by atoms with Gasteiger partial charge in [0.25, 0.3) is 0 Å². The number of hydrogen-bond acceptors (Lipinski definition) is 2. The van der Waals surface area contributed by atoms with Crippen molar-refractivity contribution in [1.82, 2.24) is 10.6 Å². The highest BCUT2D eigenvalue weighted by Crippen LogP contribution is 2.12. The fourth-order valence-electron chi connectivity index (χ4n) is 1.23. The van der Waals surface area contributed by atoms with Gasteiger partial charge in [0.15, 0.2) is 0 Å². The molecule has 0 aliphatic carbocycles. The summed E-state index contributed by atoms with van der Waals surface area (Å²) in [5.74, 6) is -0.501. The van der Waals surface area contributed by atoms with Crippen LogP contribution in [0.3, 0.4) is 0 Å². The minimum atomic E-state index is -4.31. The molecule has 1 aromatic carbocycles. The van der Waals surface area contributed by atoms with Gasteiger partial charge >= 0.3 is 6.18 Å². The Morgan fingerprint density at radius 2 is 2.06 bits per heavy atom. The van der Waals surface area contributed by atoms with Gasteiger partial charge in [0.05, 0.1) is 13.1 Å². The standard InChI is InChI=1S/C11H12ClF3N2O/c12-9-3-1-2-8(4-9)5-17-10(18)6-16-7-11(13,14)15/h1-4,16H,5-7H2,(H,17,18). The molecule has 0 heterocycles. The molecule has 18 heavy (non-hydrogen) atoms. The fourth-order valence-corrected chi connectivity index (χ4v) is 1.44. The molecule has 1 aromatic rings. The van der Waals surface area contributed by atoms with Crippen molar-refractivity contribution in [3.63, 3.8) is 0 Å².